The molecule has 2 aliphatic rings. The molecule has 0 aromatic rings. The molecular formula is C11H21NO2. The Morgan fingerprint density at radius 1 is 1.21 bits per heavy atom. The van der Waals surface area contributed by atoms with Gasteiger partial charge in [0, 0.05) is 24.6 Å². The van der Waals surface area contributed by atoms with Crippen molar-refractivity contribution in [2.24, 2.45) is 5.41 Å². The zero-order valence-electron chi connectivity index (χ0n) is 8.71. The summed E-state index contributed by atoms with van der Waals surface area (Å²) in [6, 6.07) is 0.271. The average Bonchev–Trinajstić information content (AvgIpc) is 2.98. The van der Waals surface area contributed by atoms with Gasteiger partial charge in [0.25, 0.3) is 0 Å². The summed E-state index contributed by atoms with van der Waals surface area (Å²) in [5, 5.41) is 22.3. The first kappa shape index (κ1) is 10.4. The van der Waals surface area contributed by atoms with Crippen molar-refractivity contribution in [1.82, 2.24) is 5.32 Å². The summed E-state index contributed by atoms with van der Waals surface area (Å²) in [5.41, 5.74) is 0.164. The van der Waals surface area contributed by atoms with Crippen LogP contribution in [0.1, 0.15) is 38.5 Å². The maximum absolute atomic E-state index is 9.73. The van der Waals surface area contributed by atoms with Crippen molar-refractivity contribution in [2.45, 2.75) is 50.7 Å². The van der Waals surface area contributed by atoms with E-state index < -0.39 is 0 Å². The molecule has 0 saturated heterocycles. The molecule has 0 heterocycles. The molecule has 2 rings (SSSR count). The van der Waals surface area contributed by atoms with Crippen molar-refractivity contribution in [2.75, 3.05) is 13.2 Å². The first-order chi connectivity index (χ1) is 6.76. The zero-order chi connectivity index (χ0) is 10.0. The Kier molecular flexibility index (Phi) is 3.10. The van der Waals surface area contributed by atoms with Gasteiger partial charge in [0.2, 0.25) is 0 Å². The van der Waals surface area contributed by atoms with E-state index in [0.29, 0.717) is 6.61 Å². The first-order valence-electron chi connectivity index (χ1n) is 5.78. The molecule has 0 aromatic heterocycles. The van der Waals surface area contributed by atoms with E-state index in [0.717, 1.165) is 38.6 Å². The summed E-state index contributed by atoms with van der Waals surface area (Å²) < 4.78 is 0. The second-order valence-corrected chi connectivity index (χ2v) is 5.00. The van der Waals surface area contributed by atoms with Crippen LogP contribution in [0.25, 0.3) is 0 Å². The quantitative estimate of drug-likeness (QED) is 0.623. The third-order valence-electron chi connectivity index (χ3n) is 3.76. The van der Waals surface area contributed by atoms with Crippen LogP contribution in [0.3, 0.4) is 0 Å². The topological polar surface area (TPSA) is 52.5 Å². The average molecular weight is 199 g/mol. The van der Waals surface area contributed by atoms with Gasteiger partial charge >= 0.3 is 0 Å². The number of aliphatic hydroxyl groups excluding tert-OH is 2. The smallest absolute Gasteiger partial charge is 0.0693 e. The van der Waals surface area contributed by atoms with Crippen LogP contribution in [-0.4, -0.2) is 35.5 Å². The van der Waals surface area contributed by atoms with Gasteiger partial charge in [-0.2, -0.15) is 0 Å². The van der Waals surface area contributed by atoms with Crippen LogP contribution in [0.5, 0.6) is 0 Å². The van der Waals surface area contributed by atoms with Gasteiger partial charge < -0.3 is 15.5 Å². The molecule has 0 unspecified atom stereocenters. The monoisotopic (exact) mass is 199 g/mol. The lowest BCUT2D eigenvalue weighted by Gasteiger charge is -2.29. The minimum atomic E-state index is -0.168. The molecule has 3 nitrogen and oxygen atoms in total. The van der Waals surface area contributed by atoms with Crippen molar-refractivity contribution in [3.05, 3.63) is 0 Å². The zero-order valence-corrected chi connectivity index (χ0v) is 8.71. The van der Waals surface area contributed by atoms with Crippen LogP contribution in [0.15, 0.2) is 0 Å². The van der Waals surface area contributed by atoms with Crippen LogP contribution in [0.4, 0.5) is 0 Å². The molecule has 0 aromatic carbocycles. The van der Waals surface area contributed by atoms with Crippen LogP contribution in [0.2, 0.25) is 0 Å². The van der Waals surface area contributed by atoms with E-state index in [4.69, 9.17) is 5.11 Å². The Morgan fingerprint density at radius 2 is 1.93 bits per heavy atom. The number of aliphatic hydroxyl groups is 2. The summed E-state index contributed by atoms with van der Waals surface area (Å²) in [6.45, 7) is 1.17. The molecule has 0 bridgehead atoms. The van der Waals surface area contributed by atoms with E-state index in [9.17, 15) is 5.11 Å². The third-order valence-corrected chi connectivity index (χ3v) is 3.76. The molecule has 14 heavy (non-hydrogen) atoms. The fraction of sp³-hybridized carbons (Fsp3) is 1.00. The lowest BCUT2D eigenvalue weighted by molar-refractivity contribution is 0.0846. The second kappa shape index (κ2) is 4.17. The Balaban J connectivity index is 1.73. The van der Waals surface area contributed by atoms with Crippen LogP contribution < -0.4 is 5.32 Å². The molecule has 82 valence electrons. The van der Waals surface area contributed by atoms with Gasteiger partial charge in [0.15, 0.2) is 0 Å². The highest BCUT2D eigenvalue weighted by molar-refractivity contribution is 4.95. The van der Waals surface area contributed by atoms with Gasteiger partial charge in [-0.3, -0.25) is 0 Å². The van der Waals surface area contributed by atoms with Crippen molar-refractivity contribution < 1.29 is 10.2 Å². The maximum Gasteiger partial charge on any atom is 0.0693 e. The molecule has 3 N–H and O–H groups in total. The highest BCUT2D eigenvalue weighted by Crippen LogP contribution is 2.44. The fourth-order valence-electron chi connectivity index (χ4n) is 2.26. The van der Waals surface area contributed by atoms with E-state index in [1.165, 1.54) is 6.42 Å². The lowest BCUT2D eigenvalue weighted by atomic mass is 9.92. The highest BCUT2D eigenvalue weighted by atomic mass is 16.3. The summed E-state index contributed by atoms with van der Waals surface area (Å²) in [7, 11) is 0. The normalized spacial score (nSPS) is 35.6. The van der Waals surface area contributed by atoms with E-state index in [1.807, 2.05) is 0 Å². The van der Waals surface area contributed by atoms with Crippen LogP contribution in [0, 0.1) is 5.41 Å². The molecule has 2 aliphatic carbocycles. The van der Waals surface area contributed by atoms with E-state index in [1.54, 1.807) is 0 Å². The van der Waals surface area contributed by atoms with Gasteiger partial charge in [0.05, 0.1) is 6.10 Å². The largest absolute Gasteiger partial charge is 0.396 e. The summed E-state index contributed by atoms with van der Waals surface area (Å²) in [5.74, 6) is 0. The van der Waals surface area contributed by atoms with Gasteiger partial charge in [-0.15, -0.1) is 0 Å². The van der Waals surface area contributed by atoms with Gasteiger partial charge in [0.1, 0.15) is 0 Å². The second-order valence-electron chi connectivity index (χ2n) is 5.00. The lowest BCUT2D eigenvalue weighted by Crippen LogP contribution is -2.44. The molecule has 2 saturated carbocycles. The third kappa shape index (κ3) is 2.27. The standard InChI is InChI=1S/C11H21NO2/c13-8-11(5-6-11)7-12-9-3-1-2-4-10(9)14/h9-10,12-14H,1-8H2/t9-,10-/m0/s1. The van der Waals surface area contributed by atoms with E-state index >= 15 is 0 Å². The Labute approximate surface area is 85.5 Å². The van der Waals surface area contributed by atoms with Gasteiger partial charge in [-0.05, 0) is 25.7 Å². The van der Waals surface area contributed by atoms with E-state index in [-0.39, 0.29) is 17.6 Å². The molecule has 3 heteroatoms. The summed E-state index contributed by atoms with van der Waals surface area (Å²) in [6.07, 6.45) is 6.51. The predicted octanol–water partition coefficient (Wildman–Crippen LogP) is 0.652. The predicted molar refractivity (Wildman–Crippen MR) is 55.0 cm³/mol. The molecule has 2 atom stereocenters. The fourth-order valence-corrected chi connectivity index (χ4v) is 2.26. The van der Waals surface area contributed by atoms with Gasteiger partial charge in [-0.1, -0.05) is 12.8 Å². The first-order valence-corrected chi connectivity index (χ1v) is 5.78. The molecule has 0 aliphatic heterocycles. The van der Waals surface area contributed by atoms with E-state index in [2.05, 4.69) is 5.32 Å². The molecular weight excluding hydrogens is 178 g/mol. The van der Waals surface area contributed by atoms with Crippen molar-refractivity contribution >= 4 is 0 Å². The maximum atomic E-state index is 9.73. The van der Waals surface area contributed by atoms with Crippen molar-refractivity contribution in [1.29, 1.82) is 0 Å². The van der Waals surface area contributed by atoms with Crippen LogP contribution >= 0.6 is 0 Å². The minimum absolute atomic E-state index is 0.164. The van der Waals surface area contributed by atoms with Gasteiger partial charge in [-0.25, -0.2) is 0 Å². The molecule has 0 amide bonds. The Morgan fingerprint density at radius 3 is 2.50 bits per heavy atom. The molecule has 2 fully saturated rings. The van der Waals surface area contributed by atoms with Crippen molar-refractivity contribution in [3.63, 3.8) is 0 Å². The number of rotatable bonds is 4. The number of hydrogen-bond donors (Lipinski definition) is 3. The Hall–Kier alpha value is -0.120. The number of hydrogen-bond acceptors (Lipinski definition) is 3. The summed E-state index contributed by atoms with van der Waals surface area (Å²) >= 11 is 0. The Bertz CT molecular complexity index is 192. The minimum Gasteiger partial charge on any atom is -0.396 e. The molecule has 0 spiro atoms. The molecule has 0 radical (unpaired) electrons. The number of nitrogens with one attached hydrogen (secondary N) is 1. The SMILES string of the molecule is OCC1(CN[C@H]2CCCC[C@@H]2O)CC1. The summed E-state index contributed by atoms with van der Waals surface area (Å²) in [4.78, 5) is 0. The van der Waals surface area contributed by atoms with Crippen molar-refractivity contribution in [3.8, 4) is 0 Å². The highest BCUT2D eigenvalue weighted by Gasteiger charge is 2.42. The van der Waals surface area contributed by atoms with Crippen LogP contribution in [-0.2, 0) is 0 Å².